The fourth-order valence-corrected chi connectivity index (χ4v) is 3.90. The van der Waals surface area contributed by atoms with Gasteiger partial charge in [0, 0.05) is 5.56 Å². The van der Waals surface area contributed by atoms with Gasteiger partial charge in [-0.15, -0.1) is 0 Å². The number of hydrogen-bond donors (Lipinski definition) is 4. The van der Waals surface area contributed by atoms with Crippen LogP contribution in [0.25, 0.3) is 11.2 Å². The summed E-state index contributed by atoms with van der Waals surface area (Å²) in [4.78, 5) is 23.8. The van der Waals surface area contributed by atoms with E-state index < -0.39 is 64.5 Å². The number of carbonyl (C=O) groups is 1. The molecule has 2 aromatic heterocycles. The predicted molar refractivity (Wildman–Crippen MR) is 104 cm³/mol. The lowest BCUT2D eigenvalue weighted by atomic mass is 10.1. The van der Waals surface area contributed by atoms with Crippen molar-refractivity contribution in [3.8, 4) is 5.75 Å². The second-order valence-corrected chi connectivity index (χ2v) is 8.29. The number of benzene rings is 1. The molecule has 0 spiro atoms. The van der Waals surface area contributed by atoms with E-state index in [2.05, 4.69) is 19.1 Å². The van der Waals surface area contributed by atoms with Gasteiger partial charge in [0.25, 0.3) is 5.91 Å². The molecule has 1 saturated heterocycles. The van der Waals surface area contributed by atoms with E-state index in [4.69, 9.17) is 10.5 Å². The molecular weight excluding hydrogens is 467 g/mol. The van der Waals surface area contributed by atoms with Crippen LogP contribution in [0.1, 0.15) is 16.6 Å². The number of nitrogens with two attached hydrogens (primary N) is 1. The lowest BCUT2D eigenvalue weighted by Crippen LogP contribution is -2.38. The fraction of sp³-hybridized carbons (Fsp3) is 0.294. The van der Waals surface area contributed by atoms with Crippen LogP contribution in [0.3, 0.4) is 0 Å². The number of anilines is 1. The molecule has 14 nitrogen and oxygen atoms in total. The van der Waals surface area contributed by atoms with Crippen molar-refractivity contribution in [1.82, 2.24) is 24.2 Å². The lowest BCUT2D eigenvalue weighted by Gasteiger charge is -2.16. The summed E-state index contributed by atoms with van der Waals surface area (Å²) in [6.45, 7) is -0.797. The van der Waals surface area contributed by atoms with Crippen LogP contribution >= 0.6 is 0 Å². The molecule has 1 amide bonds. The molecule has 4 atom stereocenters. The minimum Gasteiger partial charge on any atom is -0.872 e. The Bertz CT molecular complexity index is 1320. The molecule has 5 N–H and O–H groups in total. The minimum atomic E-state index is -4.76. The van der Waals surface area contributed by atoms with Crippen LogP contribution in [0.15, 0.2) is 30.9 Å². The van der Waals surface area contributed by atoms with E-state index in [1.54, 1.807) is 0 Å². The van der Waals surface area contributed by atoms with E-state index >= 15 is 0 Å². The minimum absolute atomic E-state index is 0.0795. The summed E-state index contributed by atoms with van der Waals surface area (Å²) >= 11 is 0. The van der Waals surface area contributed by atoms with Gasteiger partial charge in [0.15, 0.2) is 17.7 Å². The number of amides is 1. The van der Waals surface area contributed by atoms with Gasteiger partial charge in [0.2, 0.25) is 0 Å². The van der Waals surface area contributed by atoms with Crippen LogP contribution in [0.4, 0.5) is 10.2 Å². The molecule has 1 aliphatic heterocycles. The number of aliphatic hydroxyl groups is 2. The standard InChI is InChI=1S/C17H17FN6O8S/c18-7-1-2-8(9(25)3-7)16(28)23-33(29,30)31-4-10-12(26)13(27)17(32-10)24-6-22-11-14(19)20-5-21-15(11)24/h1-3,5-6,10,12-13,17,25-27H,4H2,(H,23,28)(H2,19,20,21)/p-1/t10?,12-,13-,17?/m1/s1. The van der Waals surface area contributed by atoms with E-state index in [1.807, 2.05) is 0 Å². The van der Waals surface area contributed by atoms with Gasteiger partial charge in [0.1, 0.15) is 36.0 Å². The van der Waals surface area contributed by atoms with E-state index in [0.717, 1.165) is 18.5 Å². The summed E-state index contributed by atoms with van der Waals surface area (Å²) in [7, 11) is -4.76. The van der Waals surface area contributed by atoms with Gasteiger partial charge in [-0.3, -0.25) is 13.5 Å². The molecule has 176 valence electrons. The third-order valence-corrected chi connectivity index (χ3v) is 5.67. The van der Waals surface area contributed by atoms with Crippen molar-refractivity contribution in [1.29, 1.82) is 0 Å². The van der Waals surface area contributed by atoms with E-state index in [0.29, 0.717) is 6.07 Å². The first-order chi connectivity index (χ1) is 15.6. The van der Waals surface area contributed by atoms with Crippen LogP contribution in [0.2, 0.25) is 0 Å². The van der Waals surface area contributed by atoms with Crippen molar-refractivity contribution < 1.29 is 41.8 Å². The first-order valence-electron chi connectivity index (χ1n) is 9.20. The molecule has 3 aromatic rings. The van der Waals surface area contributed by atoms with Crippen molar-refractivity contribution in [3.63, 3.8) is 0 Å². The van der Waals surface area contributed by atoms with Gasteiger partial charge >= 0.3 is 10.3 Å². The Balaban J connectivity index is 1.43. The summed E-state index contributed by atoms with van der Waals surface area (Å²) in [6, 6.07) is 2.15. The maximum atomic E-state index is 13.0. The van der Waals surface area contributed by atoms with Crippen molar-refractivity contribution in [2.24, 2.45) is 0 Å². The number of aromatic nitrogens is 4. The predicted octanol–water partition coefficient (Wildman–Crippen LogP) is -2.07. The largest absolute Gasteiger partial charge is 0.872 e. The third-order valence-electron chi connectivity index (χ3n) is 4.79. The quantitative estimate of drug-likeness (QED) is 0.297. The fourth-order valence-electron chi connectivity index (χ4n) is 3.19. The number of nitrogen functional groups attached to an aromatic ring is 1. The summed E-state index contributed by atoms with van der Waals surface area (Å²) in [5.74, 6) is -3.18. The SMILES string of the molecule is Nc1ncnc2c1ncn2C1OC(COS(=O)(=O)NC(=O)c2ccc(F)cc2[O-])[C@@H](O)[C@H]1O. The first kappa shape index (κ1) is 22.7. The molecule has 16 heteroatoms. The van der Waals surface area contributed by atoms with Gasteiger partial charge < -0.3 is 25.8 Å². The molecule has 2 unspecified atom stereocenters. The molecule has 1 fully saturated rings. The van der Waals surface area contributed by atoms with Gasteiger partial charge in [-0.05, 0) is 18.2 Å². The number of hydrogen-bond acceptors (Lipinski definition) is 12. The Kier molecular flexibility index (Phi) is 5.85. The number of aliphatic hydroxyl groups excluding tert-OH is 2. The number of ether oxygens (including phenoxy) is 1. The highest BCUT2D eigenvalue weighted by molar-refractivity contribution is 7.85. The normalized spacial score (nSPS) is 23.1. The number of rotatable bonds is 6. The van der Waals surface area contributed by atoms with Gasteiger partial charge in [-0.2, -0.15) is 8.42 Å². The lowest BCUT2D eigenvalue weighted by molar-refractivity contribution is -0.268. The zero-order valence-corrected chi connectivity index (χ0v) is 17.2. The molecule has 1 aromatic carbocycles. The second kappa shape index (κ2) is 8.49. The van der Waals surface area contributed by atoms with Gasteiger partial charge in [-0.25, -0.2) is 24.1 Å². The van der Waals surface area contributed by atoms with Crippen LogP contribution in [-0.4, -0.2) is 69.0 Å². The van der Waals surface area contributed by atoms with Crippen LogP contribution in [0, 0.1) is 5.82 Å². The number of carbonyl (C=O) groups excluding carboxylic acids is 1. The monoisotopic (exact) mass is 483 g/mol. The van der Waals surface area contributed by atoms with Crippen LogP contribution in [-0.2, 0) is 19.2 Å². The van der Waals surface area contributed by atoms with Gasteiger partial charge in [-0.1, -0.05) is 5.75 Å². The summed E-state index contributed by atoms with van der Waals surface area (Å²) in [5, 5.41) is 32.3. The average Bonchev–Trinajstić information content (AvgIpc) is 3.29. The smallest absolute Gasteiger partial charge is 0.362 e. The summed E-state index contributed by atoms with van der Waals surface area (Å²) < 4.78 is 50.1. The number of nitrogens with zero attached hydrogens (tertiary/aromatic N) is 4. The summed E-state index contributed by atoms with van der Waals surface area (Å²) in [6.07, 6.45) is -3.24. The van der Waals surface area contributed by atoms with Crippen molar-refractivity contribution in [3.05, 3.63) is 42.2 Å². The molecule has 0 saturated carbocycles. The molecule has 3 heterocycles. The number of fused-ring (bicyclic) bond motifs is 1. The Morgan fingerprint density at radius 1 is 1.30 bits per heavy atom. The zero-order valence-electron chi connectivity index (χ0n) is 16.4. The average molecular weight is 483 g/mol. The Morgan fingerprint density at radius 2 is 2.06 bits per heavy atom. The molecular formula is C17H16FN6O8S-. The molecule has 0 aliphatic carbocycles. The maximum Gasteiger partial charge on any atom is 0.362 e. The van der Waals surface area contributed by atoms with E-state index in [9.17, 15) is 32.9 Å². The Hall–Kier alpha value is -3.44. The highest BCUT2D eigenvalue weighted by Crippen LogP contribution is 2.32. The van der Waals surface area contributed by atoms with Crippen LogP contribution < -0.4 is 15.6 Å². The second-order valence-electron chi connectivity index (χ2n) is 6.94. The van der Waals surface area contributed by atoms with E-state index in [-0.39, 0.29) is 17.0 Å². The van der Waals surface area contributed by atoms with E-state index in [1.165, 1.54) is 15.6 Å². The number of imidazole rings is 1. The van der Waals surface area contributed by atoms with Crippen molar-refractivity contribution >= 4 is 33.2 Å². The molecule has 33 heavy (non-hydrogen) atoms. The highest BCUT2D eigenvalue weighted by Gasteiger charge is 2.45. The Labute approximate surface area is 184 Å². The first-order valence-corrected chi connectivity index (χ1v) is 10.6. The topological polar surface area (TPSA) is 215 Å². The molecule has 1 aliphatic rings. The molecule has 4 rings (SSSR count). The summed E-state index contributed by atoms with van der Waals surface area (Å²) in [5.41, 5.74) is 5.52. The van der Waals surface area contributed by atoms with Gasteiger partial charge in [0.05, 0.1) is 12.9 Å². The maximum absolute atomic E-state index is 13.0. The van der Waals surface area contributed by atoms with Crippen molar-refractivity contribution in [2.45, 2.75) is 24.5 Å². The zero-order chi connectivity index (χ0) is 23.9. The Morgan fingerprint density at radius 3 is 2.79 bits per heavy atom. The molecule has 0 bridgehead atoms. The molecule has 0 radical (unpaired) electrons. The van der Waals surface area contributed by atoms with Crippen molar-refractivity contribution in [2.75, 3.05) is 12.3 Å². The number of halogens is 1. The number of nitrogens with one attached hydrogen (secondary N) is 1. The highest BCUT2D eigenvalue weighted by atomic mass is 32.2. The van der Waals surface area contributed by atoms with Crippen LogP contribution in [0.5, 0.6) is 5.75 Å². The third kappa shape index (κ3) is 4.41.